The fourth-order valence-corrected chi connectivity index (χ4v) is 0.0816. The third-order valence-electron chi connectivity index (χ3n) is 0.186. The van der Waals surface area contributed by atoms with E-state index in [-0.39, 0.29) is 18.4 Å². The van der Waals surface area contributed by atoms with Gasteiger partial charge in [-0.3, -0.25) is 0 Å². The average molecular weight is 123 g/mol. The first kappa shape index (κ1) is 9.52. The molecule has 4 nitrogen and oxygen atoms in total. The minimum atomic E-state index is -0.0648. The van der Waals surface area contributed by atoms with Gasteiger partial charge in [0.2, 0.25) is 5.96 Å². The van der Waals surface area contributed by atoms with E-state index < -0.39 is 0 Å². The van der Waals surface area contributed by atoms with Crippen LogP contribution in [0.25, 0.3) is 0 Å². The summed E-state index contributed by atoms with van der Waals surface area (Å²) >= 11 is 0. The van der Waals surface area contributed by atoms with Crippen LogP contribution in [-0.2, 0) is 0 Å². The number of nitrogens with zero attached hydrogens (tertiary/aromatic N) is 2. The molecule has 7 heavy (non-hydrogen) atoms. The van der Waals surface area contributed by atoms with E-state index >= 15 is 0 Å². The van der Waals surface area contributed by atoms with Crippen LogP contribution in [0, 0.1) is 0 Å². The zero-order valence-electron chi connectivity index (χ0n) is 3.66. The van der Waals surface area contributed by atoms with Gasteiger partial charge in [0, 0.05) is 6.72 Å². The van der Waals surface area contributed by atoms with E-state index in [1.807, 2.05) is 0 Å². The van der Waals surface area contributed by atoms with Crippen LogP contribution in [0.2, 0.25) is 0 Å². The van der Waals surface area contributed by atoms with Gasteiger partial charge in [-0.1, -0.05) is 0 Å². The van der Waals surface area contributed by atoms with Crippen LogP contribution in [-0.4, -0.2) is 12.7 Å². The second-order valence-electron chi connectivity index (χ2n) is 0.666. The third kappa shape index (κ3) is 11.0. The van der Waals surface area contributed by atoms with Crippen molar-refractivity contribution in [3.8, 4) is 0 Å². The van der Waals surface area contributed by atoms with Crippen molar-refractivity contribution in [2.45, 2.75) is 0 Å². The lowest BCUT2D eigenvalue weighted by molar-refractivity contribution is 1.23. The Kier molecular flexibility index (Phi) is 7.12. The quantitative estimate of drug-likeness (QED) is 0.274. The lowest BCUT2D eigenvalue weighted by atomic mass is 11.1. The molecule has 0 aliphatic rings. The van der Waals surface area contributed by atoms with Gasteiger partial charge >= 0.3 is 0 Å². The standard InChI is InChI=1S/C2H6N4.ClH/c1-5-6-2(3)4;/h1H2,(H4,3,4,6);1H. The van der Waals surface area contributed by atoms with Crippen LogP contribution >= 0.6 is 12.4 Å². The largest absolute Gasteiger partial charge is 0.369 e. The maximum Gasteiger partial charge on any atom is 0.211 e. The van der Waals surface area contributed by atoms with E-state index in [1.165, 1.54) is 0 Å². The van der Waals surface area contributed by atoms with Gasteiger partial charge in [0.25, 0.3) is 0 Å². The molecule has 0 unspecified atom stereocenters. The summed E-state index contributed by atoms with van der Waals surface area (Å²) in [7, 11) is 0. The van der Waals surface area contributed by atoms with E-state index in [9.17, 15) is 0 Å². The van der Waals surface area contributed by atoms with Crippen LogP contribution in [0.15, 0.2) is 10.2 Å². The molecule has 0 radical (unpaired) electrons. The molecule has 0 saturated heterocycles. The Morgan fingerprint density at radius 2 is 1.86 bits per heavy atom. The summed E-state index contributed by atoms with van der Waals surface area (Å²) in [6.07, 6.45) is 0. The van der Waals surface area contributed by atoms with Gasteiger partial charge < -0.3 is 11.5 Å². The lowest BCUT2D eigenvalue weighted by Crippen LogP contribution is -2.21. The molecule has 0 rings (SSSR count). The molecular formula is C2H7ClN4. The van der Waals surface area contributed by atoms with Gasteiger partial charge in [0.1, 0.15) is 0 Å². The Hall–Kier alpha value is -0.770. The third-order valence-corrected chi connectivity index (χ3v) is 0.186. The molecule has 0 aromatic carbocycles. The predicted octanol–water partition coefficient (Wildman–Crippen LogP) is -0.703. The molecule has 0 aromatic rings. The Morgan fingerprint density at radius 1 is 1.43 bits per heavy atom. The van der Waals surface area contributed by atoms with Gasteiger partial charge in [0.05, 0.1) is 0 Å². The highest BCUT2D eigenvalue weighted by Crippen LogP contribution is 1.56. The number of hydrogen-bond donors (Lipinski definition) is 2. The molecule has 0 aliphatic carbocycles. The molecule has 0 heterocycles. The van der Waals surface area contributed by atoms with Gasteiger partial charge in [0.15, 0.2) is 0 Å². The van der Waals surface area contributed by atoms with E-state index in [4.69, 9.17) is 11.5 Å². The average Bonchev–Trinajstić information content (AvgIpc) is 1.35. The number of nitrogens with two attached hydrogens (primary N) is 2. The summed E-state index contributed by atoms with van der Waals surface area (Å²) in [6.45, 7) is 3.00. The first-order valence-corrected chi connectivity index (χ1v) is 1.32. The van der Waals surface area contributed by atoms with E-state index in [0.717, 1.165) is 0 Å². The zero-order valence-corrected chi connectivity index (χ0v) is 4.48. The molecule has 0 fully saturated rings. The van der Waals surface area contributed by atoms with Crippen molar-refractivity contribution in [2.75, 3.05) is 0 Å². The van der Waals surface area contributed by atoms with Crippen molar-refractivity contribution in [1.29, 1.82) is 0 Å². The highest BCUT2D eigenvalue weighted by atomic mass is 35.5. The van der Waals surface area contributed by atoms with Crippen molar-refractivity contribution >= 4 is 25.1 Å². The summed E-state index contributed by atoms with van der Waals surface area (Å²) in [6, 6.07) is 0. The summed E-state index contributed by atoms with van der Waals surface area (Å²) in [5.74, 6) is -0.0648. The molecule has 0 aromatic heterocycles. The Morgan fingerprint density at radius 3 is 1.86 bits per heavy atom. The van der Waals surface area contributed by atoms with Crippen molar-refractivity contribution in [3.63, 3.8) is 0 Å². The summed E-state index contributed by atoms with van der Waals surface area (Å²) < 4.78 is 0. The minimum absolute atomic E-state index is 0. The highest BCUT2D eigenvalue weighted by molar-refractivity contribution is 5.85. The second-order valence-corrected chi connectivity index (χ2v) is 0.666. The molecule has 0 amide bonds. The summed E-state index contributed by atoms with van der Waals surface area (Å²) in [5, 5.41) is 6.13. The molecule has 42 valence electrons. The Labute approximate surface area is 47.7 Å². The molecule has 5 heteroatoms. The van der Waals surface area contributed by atoms with Gasteiger partial charge in [-0.15, -0.1) is 17.5 Å². The zero-order chi connectivity index (χ0) is 4.99. The lowest BCUT2D eigenvalue weighted by Gasteiger charge is -1.77. The van der Waals surface area contributed by atoms with Crippen molar-refractivity contribution < 1.29 is 0 Å². The normalized spacial score (nSPS) is 5.71. The molecule has 4 N–H and O–H groups in total. The molecule has 0 aliphatic heterocycles. The topological polar surface area (TPSA) is 76.8 Å². The first-order chi connectivity index (χ1) is 2.77. The second kappa shape index (κ2) is 5.23. The molecule has 0 atom stereocenters. The predicted molar refractivity (Wildman–Crippen MR) is 32.6 cm³/mol. The molecule has 0 saturated carbocycles. The molecule has 0 bridgehead atoms. The van der Waals surface area contributed by atoms with Crippen LogP contribution < -0.4 is 11.5 Å². The van der Waals surface area contributed by atoms with Crippen molar-refractivity contribution in [1.82, 2.24) is 0 Å². The summed E-state index contributed by atoms with van der Waals surface area (Å²) in [4.78, 5) is 0. The Bertz CT molecular complexity index is 73.8. The minimum Gasteiger partial charge on any atom is -0.369 e. The molecular weight excluding hydrogens is 116 g/mol. The maximum absolute atomic E-state index is 4.80. The maximum atomic E-state index is 4.80. The van der Waals surface area contributed by atoms with Crippen molar-refractivity contribution in [2.24, 2.45) is 21.7 Å². The fourth-order valence-electron chi connectivity index (χ4n) is 0.0816. The highest BCUT2D eigenvalue weighted by Gasteiger charge is 1.65. The number of guanidine groups is 1. The van der Waals surface area contributed by atoms with Crippen molar-refractivity contribution in [3.05, 3.63) is 0 Å². The van der Waals surface area contributed by atoms with E-state index in [2.05, 4.69) is 16.9 Å². The number of hydrogen-bond acceptors (Lipinski definition) is 2. The fraction of sp³-hybridized carbons (Fsp3) is 0. The number of halogens is 1. The van der Waals surface area contributed by atoms with Gasteiger partial charge in [-0.2, -0.15) is 5.10 Å². The van der Waals surface area contributed by atoms with E-state index in [1.54, 1.807) is 0 Å². The van der Waals surface area contributed by atoms with Crippen LogP contribution in [0.5, 0.6) is 0 Å². The first-order valence-electron chi connectivity index (χ1n) is 1.32. The Balaban J connectivity index is 0. The van der Waals surface area contributed by atoms with Crippen LogP contribution in [0.4, 0.5) is 0 Å². The van der Waals surface area contributed by atoms with Crippen LogP contribution in [0.1, 0.15) is 0 Å². The number of rotatable bonds is 1. The van der Waals surface area contributed by atoms with E-state index in [0.29, 0.717) is 0 Å². The van der Waals surface area contributed by atoms with Crippen LogP contribution in [0.3, 0.4) is 0 Å². The summed E-state index contributed by atoms with van der Waals surface area (Å²) in [5.41, 5.74) is 9.59. The van der Waals surface area contributed by atoms with Gasteiger partial charge in [-0.25, -0.2) is 0 Å². The smallest absolute Gasteiger partial charge is 0.211 e. The molecule has 0 spiro atoms. The van der Waals surface area contributed by atoms with Gasteiger partial charge in [-0.05, 0) is 0 Å². The monoisotopic (exact) mass is 122 g/mol. The SMILES string of the molecule is C=NN=C(N)N.Cl.